The quantitative estimate of drug-likeness (QED) is 0.347. The summed E-state index contributed by atoms with van der Waals surface area (Å²) in [4.78, 5) is 22.6. The van der Waals surface area contributed by atoms with E-state index >= 15 is 0 Å². The Kier molecular flexibility index (Phi) is 6.97. The Hall–Kier alpha value is -2.48. The van der Waals surface area contributed by atoms with E-state index in [4.69, 9.17) is 20.1 Å². The Morgan fingerprint density at radius 2 is 1.64 bits per heavy atom. The number of hydrazine groups is 1. The molecule has 8 nitrogen and oxygen atoms in total. The first-order valence-electron chi connectivity index (χ1n) is 6.60. The topological polar surface area (TPSA) is 112 Å². The summed E-state index contributed by atoms with van der Waals surface area (Å²) < 4.78 is 15.7. The minimum absolute atomic E-state index is 0.148. The van der Waals surface area contributed by atoms with Crippen LogP contribution in [0.25, 0.3) is 0 Å². The van der Waals surface area contributed by atoms with Crippen LogP contribution >= 0.6 is 0 Å². The number of aryl methyl sites for hydroxylation is 1. The molecule has 8 heteroatoms. The van der Waals surface area contributed by atoms with Crippen LogP contribution in [0.4, 0.5) is 0 Å². The van der Waals surface area contributed by atoms with Gasteiger partial charge in [-0.05, 0) is 24.1 Å². The Balaban J connectivity index is 2.69. The number of nitrogens with two attached hydrogens (primary N) is 1. The maximum Gasteiger partial charge on any atom is 0.253 e. The average Bonchev–Trinajstić information content (AvgIpc) is 2.56. The minimum atomic E-state index is -0.457. The second-order valence-corrected chi connectivity index (χ2v) is 4.38. The lowest BCUT2D eigenvalue weighted by atomic mass is 10.1. The fourth-order valence-electron chi connectivity index (χ4n) is 1.86. The van der Waals surface area contributed by atoms with Crippen LogP contribution in [0.2, 0.25) is 0 Å². The van der Waals surface area contributed by atoms with Crippen LogP contribution < -0.4 is 30.8 Å². The summed E-state index contributed by atoms with van der Waals surface area (Å²) in [6.45, 7) is -0.148. The molecular formula is C14H21N3O5. The predicted octanol–water partition coefficient (Wildman–Crippen LogP) is -0.249. The van der Waals surface area contributed by atoms with E-state index in [1.165, 1.54) is 21.3 Å². The number of methoxy groups -OCH3 is 3. The van der Waals surface area contributed by atoms with Gasteiger partial charge in [0.05, 0.1) is 27.9 Å². The second kappa shape index (κ2) is 8.73. The average molecular weight is 311 g/mol. The van der Waals surface area contributed by atoms with Gasteiger partial charge in [-0.25, -0.2) is 5.84 Å². The largest absolute Gasteiger partial charge is 0.493 e. The van der Waals surface area contributed by atoms with Crippen LogP contribution in [0, 0.1) is 0 Å². The number of amides is 2. The van der Waals surface area contributed by atoms with Crippen LogP contribution in [-0.2, 0) is 16.0 Å². The third kappa shape index (κ3) is 4.81. The molecule has 2 amide bonds. The van der Waals surface area contributed by atoms with Gasteiger partial charge < -0.3 is 19.5 Å². The Morgan fingerprint density at radius 3 is 2.09 bits per heavy atom. The van der Waals surface area contributed by atoms with Crippen molar-refractivity contribution in [2.45, 2.75) is 12.8 Å². The summed E-state index contributed by atoms with van der Waals surface area (Å²) in [6, 6.07) is 3.56. The highest BCUT2D eigenvalue weighted by Gasteiger charge is 2.14. The lowest BCUT2D eigenvalue weighted by molar-refractivity contribution is -0.126. The first-order valence-corrected chi connectivity index (χ1v) is 6.60. The molecular weight excluding hydrogens is 290 g/mol. The normalized spacial score (nSPS) is 9.82. The molecule has 0 saturated carbocycles. The van der Waals surface area contributed by atoms with Gasteiger partial charge in [0.2, 0.25) is 11.7 Å². The molecule has 0 spiro atoms. The maximum atomic E-state index is 11.6. The zero-order chi connectivity index (χ0) is 16.5. The van der Waals surface area contributed by atoms with Crippen molar-refractivity contribution in [1.82, 2.24) is 10.7 Å². The van der Waals surface area contributed by atoms with E-state index in [0.717, 1.165) is 5.56 Å². The molecule has 0 radical (unpaired) electrons. The molecule has 0 unspecified atom stereocenters. The molecule has 1 aromatic rings. The highest BCUT2D eigenvalue weighted by molar-refractivity contribution is 5.84. The summed E-state index contributed by atoms with van der Waals surface area (Å²) in [7, 11) is 4.58. The number of carbonyl (C=O) groups excluding carboxylic acids is 2. The van der Waals surface area contributed by atoms with E-state index in [9.17, 15) is 9.59 Å². The molecule has 0 aliphatic rings. The molecule has 0 aliphatic heterocycles. The zero-order valence-electron chi connectivity index (χ0n) is 12.9. The van der Waals surface area contributed by atoms with Gasteiger partial charge in [0, 0.05) is 6.42 Å². The lowest BCUT2D eigenvalue weighted by Gasteiger charge is -2.14. The molecule has 0 fully saturated rings. The highest BCUT2D eigenvalue weighted by atomic mass is 16.5. The molecule has 4 N–H and O–H groups in total. The molecule has 0 atom stereocenters. The maximum absolute atomic E-state index is 11.6. The molecule has 0 bridgehead atoms. The fraction of sp³-hybridized carbons (Fsp3) is 0.429. The summed E-state index contributed by atoms with van der Waals surface area (Å²) in [6.07, 6.45) is 0.684. The minimum Gasteiger partial charge on any atom is -0.493 e. The third-order valence-corrected chi connectivity index (χ3v) is 2.97. The molecule has 1 rings (SSSR count). The monoisotopic (exact) mass is 311 g/mol. The van der Waals surface area contributed by atoms with Gasteiger partial charge in [-0.1, -0.05) is 0 Å². The van der Waals surface area contributed by atoms with E-state index in [-0.39, 0.29) is 18.9 Å². The first kappa shape index (κ1) is 17.6. The summed E-state index contributed by atoms with van der Waals surface area (Å²) in [5.41, 5.74) is 2.79. The summed E-state index contributed by atoms with van der Waals surface area (Å²) in [5, 5.41) is 2.47. The van der Waals surface area contributed by atoms with Gasteiger partial charge in [-0.2, -0.15) is 0 Å². The van der Waals surface area contributed by atoms with Gasteiger partial charge in [0.15, 0.2) is 11.5 Å². The van der Waals surface area contributed by atoms with Crippen molar-refractivity contribution in [2.24, 2.45) is 5.84 Å². The van der Waals surface area contributed by atoms with Crippen LogP contribution in [-0.4, -0.2) is 39.7 Å². The lowest BCUT2D eigenvalue weighted by Crippen LogP contribution is -2.40. The standard InChI is InChI=1S/C14H21N3O5/c1-20-10-6-9(7-11(21-2)14(10)22-3)4-5-12(18)16-8-13(19)17-15/h6-7H,4-5,8,15H2,1-3H3,(H,16,18)(H,17,19). The van der Waals surface area contributed by atoms with Crippen molar-refractivity contribution in [1.29, 1.82) is 0 Å². The van der Waals surface area contributed by atoms with Crippen LogP contribution in [0.1, 0.15) is 12.0 Å². The van der Waals surface area contributed by atoms with Crippen molar-refractivity contribution in [2.75, 3.05) is 27.9 Å². The Labute approximate surface area is 128 Å². The zero-order valence-corrected chi connectivity index (χ0v) is 12.9. The van der Waals surface area contributed by atoms with Crippen LogP contribution in [0.15, 0.2) is 12.1 Å². The second-order valence-electron chi connectivity index (χ2n) is 4.38. The number of hydrogen-bond donors (Lipinski definition) is 3. The smallest absolute Gasteiger partial charge is 0.253 e. The van der Waals surface area contributed by atoms with E-state index in [0.29, 0.717) is 23.7 Å². The van der Waals surface area contributed by atoms with Crippen molar-refractivity contribution in [3.63, 3.8) is 0 Å². The highest BCUT2D eigenvalue weighted by Crippen LogP contribution is 2.38. The predicted molar refractivity (Wildman–Crippen MR) is 79.8 cm³/mol. The third-order valence-electron chi connectivity index (χ3n) is 2.97. The first-order chi connectivity index (χ1) is 10.5. The molecule has 0 aromatic heterocycles. The summed E-state index contributed by atoms with van der Waals surface area (Å²) in [5.74, 6) is 5.77. The van der Waals surface area contributed by atoms with Crippen molar-refractivity contribution in [3.05, 3.63) is 17.7 Å². The molecule has 0 saturated heterocycles. The summed E-state index contributed by atoms with van der Waals surface area (Å²) >= 11 is 0. The van der Waals surface area contributed by atoms with Gasteiger partial charge in [0.1, 0.15) is 0 Å². The number of benzene rings is 1. The van der Waals surface area contributed by atoms with E-state index in [1.54, 1.807) is 12.1 Å². The molecule has 22 heavy (non-hydrogen) atoms. The fourth-order valence-corrected chi connectivity index (χ4v) is 1.86. The molecule has 0 aliphatic carbocycles. The van der Waals surface area contributed by atoms with E-state index < -0.39 is 5.91 Å². The number of rotatable bonds is 8. The Bertz CT molecular complexity index is 508. The van der Waals surface area contributed by atoms with Gasteiger partial charge in [-0.3, -0.25) is 15.0 Å². The number of carbonyl (C=O) groups is 2. The molecule has 0 heterocycles. The number of hydrogen-bond acceptors (Lipinski definition) is 6. The SMILES string of the molecule is COc1cc(CCC(=O)NCC(=O)NN)cc(OC)c1OC. The number of nitrogens with one attached hydrogen (secondary N) is 2. The molecule has 1 aromatic carbocycles. The van der Waals surface area contributed by atoms with Crippen LogP contribution in [0.5, 0.6) is 17.2 Å². The van der Waals surface area contributed by atoms with Gasteiger partial charge in [-0.15, -0.1) is 0 Å². The van der Waals surface area contributed by atoms with E-state index in [1.807, 2.05) is 5.43 Å². The number of ether oxygens (including phenoxy) is 3. The van der Waals surface area contributed by atoms with Crippen LogP contribution in [0.3, 0.4) is 0 Å². The van der Waals surface area contributed by atoms with Crippen molar-refractivity contribution in [3.8, 4) is 17.2 Å². The van der Waals surface area contributed by atoms with E-state index in [2.05, 4.69) is 5.32 Å². The Morgan fingerprint density at radius 1 is 1.05 bits per heavy atom. The van der Waals surface area contributed by atoms with Crippen molar-refractivity contribution < 1.29 is 23.8 Å². The molecule has 122 valence electrons. The van der Waals surface area contributed by atoms with Gasteiger partial charge >= 0.3 is 0 Å². The van der Waals surface area contributed by atoms with Crippen molar-refractivity contribution >= 4 is 11.8 Å². The van der Waals surface area contributed by atoms with Gasteiger partial charge in [0.25, 0.3) is 5.91 Å².